The van der Waals surface area contributed by atoms with Crippen molar-refractivity contribution in [2.45, 2.75) is 24.7 Å². The minimum absolute atomic E-state index is 0.115. The Bertz CT molecular complexity index is 650. The van der Waals surface area contributed by atoms with E-state index in [0.717, 1.165) is 10.4 Å². The van der Waals surface area contributed by atoms with Crippen LogP contribution in [0.3, 0.4) is 0 Å². The van der Waals surface area contributed by atoms with Gasteiger partial charge in [0.25, 0.3) is 10.0 Å². The van der Waals surface area contributed by atoms with Gasteiger partial charge in [0.2, 0.25) is 5.91 Å². The number of carboxylic acids is 1. The number of sulfonamides is 1. The molecule has 6 nitrogen and oxygen atoms in total. The maximum atomic E-state index is 12.4. The van der Waals surface area contributed by atoms with E-state index in [9.17, 15) is 18.0 Å². The number of hydrogen-bond acceptors (Lipinski definition) is 4. The highest BCUT2D eigenvalue weighted by atomic mass is 32.2. The fourth-order valence-corrected chi connectivity index (χ4v) is 3.72. The number of carbonyl (C=O) groups is 2. The number of amides is 1. The van der Waals surface area contributed by atoms with E-state index in [1.165, 1.54) is 12.1 Å². The standard InChI is InChI=1S/C12H13NO5S/c1-8-4-5-9(12(15)16)7-10(8)19(17,18)13-6-2-3-11(13)14/h4-5,7H,2-3,6H2,1H3,(H,15,16). The minimum Gasteiger partial charge on any atom is -0.478 e. The molecule has 1 amide bonds. The van der Waals surface area contributed by atoms with Gasteiger partial charge in [0.05, 0.1) is 10.5 Å². The molecule has 0 aromatic heterocycles. The molecule has 1 aromatic rings. The molecule has 1 N–H and O–H groups in total. The zero-order chi connectivity index (χ0) is 14.2. The summed E-state index contributed by atoms with van der Waals surface area (Å²) >= 11 is 0. The van der Waals surface area contributed by atoms with Gasteiger partial charge in [0.1, 0.15) is 0 Å². The number of nitrogens with zero attached hydrogens (tertiary/aromatic N) is 1. The first kappa shape index (κ1) is 13.5. The second-order valence-electron chi connectivity index (χ2n) is 4.36. The van der Waals surface area contributed by atoms with Crippen molar-refractivity contribution in [3.8, 4) is 0 Å². The number of rotatable bonds is 3. The molecular weight excluding hydrogens is 270 g/mol. The fourth-order valence-electron chi connectivity index (χ4n) is 2.01. The summed E-state index contributed by atoms with van der Waals surface area (Å²) < 4.78 is 25.5. The van der Waals surface area contributed by atoms with Gasteiger partial charge in [-0.3, -0.25) is 4.79 Å². The van der Waals surface area contributed by atoms with Crippen molar-refractivity contribution in [2.24, 2.45) is 0 Å². The second-order valence-corrected chi connectivity index (χ2v) is 6.19. The lowest BCUT2D eigenvalue weighted by molar-refractivity contribution is -0.123. The van der Waals surface area contributed by atoms with E-state index >= 15 is 0 Å². The first-order valence-electron chi connectivity index (χ1n) is 5.73. The highest BCUT2D eigenvalue weighted by Gasteiger charge is 2.34. The van der Waals surface area contributed by atoms with Crippen molar-refractivity contribution in [3.63, 3.8) is 0 Å². The van der Waals surface area contributed by atoms with Gasteiger partial charge in [-0.2, -0.15) is 0 Å². The third-order valence-corrected chi connectivity index (χ3v) is 5.00. The molecule has 7 heteroatoms. The van der Waals surface area contributed by atoms with E-state index < -0.39 is 21.9 Å². The molecule has 1 heterocycles. The fraction of sp³-hybridized carbons (Fsp3) is 0.333. The normalized spacial score (nSPS) is 15.8. The van der Waals surface area contributed by atoms with Crippen molar-refractivity contribution in [1.29, 1.82) is 0 Å². The van der Waals surface area contributed by atoms with Crippen molar-refractivity contribution >= 4 is 21.9 Å². The molecule has 0 saturated carbocycles. The van der Waals surface area contributed by atoms with Gasteiger partial charge >= 0.3 is 5.97 Å². The molecule has 1 aliphatic rings. The summed E-state index contributed by atoms with van der Waals surface area (Å²) in [7, 11) is -3.95. The van der Waals surface area contributed by atoms with Crippen LogP contribution in [0.5, 0.6) is 0 Å². The Kier molecular flexibility index (Phi) is 3.32. The summed E-state index contributed by atoms with van der Waals surface area (Å²) in [5, 5.41) is 8.91. The van der Waals surface area contributed by atoms with Gasteiger partial charge in [0, 0.05) is 13.0 Å². The molecule has 0 unspecified atom stereocenters. The molecule has 0 spiro atoms. The molecule has 2 rings (SSSR count). The van der Waals surface area contributed by atoms with E-state index in [0.29, 0.717) is 12.0 Å². The van der Waals surface area contributed by atoms with Crippen molar-refractivity contribution in [3.05, 3.63) is 29.3 Å². The third-order valence-electron chi connectivity index (χ3n) is 3.03. The summed E-state index contributed by atoms with van der Waals surface area (Å²) in [6.45, 7) is 1.72. The van der Waals surface area contributed by atoms with Gasteiger partial charge in [-0.25, -0.2) is 17.5 Å². The number of aromatic carboxylic acids is 1. The van der Waals surface area contributed by atoms with Crippen LogP contribution < -0.4 is 0 Å². The molecule has 0 bridgehead atoms. The highest BCUT2D eigenvalue weighted by Crippen LogP contribution is 2.25. The van der Waals surface area contributed by atoms with Crippen LogP contribution in [0, 0.1) is 6.92 Å². The quantitative estimate of drug-likeness (QED) is 0.893. The Morgan fingerprint density at radius 1 is 1.37 bits per heavy atom. The lowest BCUT2D eigenvalue weighted by Crippen LogP contribution is -2.32. The number of benzene rings is 1. The van der Waals surface area contributed by atoms with Crippen LogP contribution in [-0.2, 0) is 14.8 Å². The summed E-state index contributed by atoms with van der Waals surface area (Å²) in [5.41, 5.74) is 0.306. The van der Waals surface area contributed by atoms with Crippen LogP contribution in [0.1, 0.15) is 28.8 Å². The van der Waals surface area contributed by atoms with Gasteiger partial charge in [-0.15, -0.1) is 0 Å². The third kappa shape index (κ3) is 2.33. The molecular formula is C12H13NO5S. The van der Waals surface area contributed by atoms with Crippen LogP contribution in [0.2, 0.25) is 0 Å². The average Bonchev–Trinajstić information content (AvgIpc) is 2.76. The Hall–Kier alpha value is -1.89. The van der Waals surface area contributed by atoms with Gasteiger partial charge < -0.3 is 5.11 Å². The number of carboxylic acid groups (broad SMARTS) is 1. The number of aryl methyl sites for hydroxylation is 1. The van der Waals surface area contributed by atoms with Crippen LogP contribution in [0.15, 0.2) is 23.1 Å². The van der Waals surface area contributed by atoms with Crippen molar-refractivity contribution in [2.75, 3.05) is 6.54 Å². The predicted molar refractivity (Wildman–Crippen MR) is 66.3 cm³/mol. The van der Waals surface area contributed by atoms with Gasteiger partial charge in [-0.05, 0) is 31.0 Å². The Labute approximate surface area is 110 Å². The van der Waals surface area contributed by atoms with Crippen LogP contribution >= 0.6 is 0 Å². The predicted octanol–water partition coefficient (Wildman–Crippen LogP) is 1.00. The van der Waals surface area contributed by atoms with E-state index in [1.54, 1.807) is 6.92 Å². The lowest BCUT2D eigenvalue weighted by atomic mass is 10.1. The molecule has 0 aliphatic carbocycles. The van der Waals surface area contributed by atoms with Gasteiger partial charge in [-0.1, -0.05) is 6.07 Å². The molecule has 1 fully saturated rings. The first-order valence-corrected chi connectivity index (χ1v) is 7.17. The Balaban J connectivity index is 2.54. The number of hydrogen-bond donors (Lipinski definition) is 1. The topological polar surface area (TPSA) is 91.8 Å². The summed E-state index contributed by atoms with van der Waals surface area (Å²) in [5.74, 6) is -1.65. The van der Waals surface area contributed by atoms with E-state index in [1.807, 2.05) is 0 Å². The van der Waals surface area contributed by atoms with Crippen LogP contribution in [0.4, 0.5) is 0 Å². The number of carbonyl (C=O) groups excluding carboxylic acids is 1. The monoisotopic (exact) mass is 283 g/mol. The lowest BCUT2D eigenvalue weighted by Gasteiger charge is -2.17. The Morgan fingerprint density at radius 2 is 2.05 bits per heavy atom. The molecule has 102 valence electrons. The summed E-state index contributed by atoms with van der Waals surface area (Å²) in [6.07, 6.45) is 0.701. The molecule has 1 aromatic carbocycles. The molecule has 0 radical (unpaired) electrons. The van der Waals surface area contributed by atoms with E-state index in [-0.39, 0.29) is 23.4 Å². The first-order chi connectivity index (χ1) is 8.84. The second kappa shape index (κ2) is 4.65. The SMILES string of the molecule is Cc1ccc(C(=O)O)cc1S(=O)(=O)N1CCCC1=O. The summed E-state index contributed by atoms with van der Waals surface area (Å²) in [4.78, 5) is 22.3. The molecule has 1 aliphatic heterocycles. The highest BCUT2D eigenvalue weighted by molar-refractivity contribution is 7.89. The van der Waals surface area contributed by atoms with Crippen LogP contribution in [-0.4, -0.2) is 36.3 Å². The molecule has 19 heavy (non-hydrogen) atoms. The summed E-state index contributed by atoms with van der Waals surface area (Å²) in [6, 6.07) is 3.86. The smallest absolute Gasteiger partial charge is 0.335 e. The average molecular weight is 283 g/mol. The molecule has 1 saturated heterocycles. The van der Waals surface area contributed by atoms with Gasteiger partial charge in [0.15, 0.2) is 0 Å². The molecule has 0 atom stereocenters. The van der Waals surface area contributed by atoms with Crippen molar-refractivity contribution in [1.82, 2.24) is 4.31 Å². The zero-order valence-electron chi connectivity index (χ0n) is 10.3. The zero-order valence-corrected chi connectivity index (χ0v) is 11.1. The maximum absolute atomic E-state index is 12.4. The largest absolute Gasteiger partial charge is 0.478 e. The Morgan fingerprint density at radius 3 is 2.58 bits per heavy atom. The van der Waals surface area contributed by atoms with Crippen molar-refractivity contribution < 1.29 is 23.1 Å². The van der Waals surface area contributed by atoms with E-state index in [2.05, 4.69) is 0 Å². The maximum Gasteiger partial charge on any atom is 0.335 e. The minimum atomic E-state index is -3.95. The van der Waals surface area contributed by atoms with Crippen LogP contribution in [0.25, 0.3) is 0 Å². The van der Waals surface area contributed by atoms with E-state index in [4.69, 9.17) is 5.11 Å².